The molecule has 0 radical (unpaired) electrons. The van der Waals surface area contributed by atoms with Crippen molar-refractivity contribution in [1.29, 1.82) is 0 Å². The Morgan fingerprint density at radius 1 is 1.43 bits per heavy atom. The Morgan fingerprint density at radius 3 is 2.71 bits per heavy atom. The van der Waals surface area contributed by atoms with Crippen LogP contribution in [0.1, 0.15) is 17.5 Å². The highest BCUT2D eigenvalue weighted by Gasteiger charge is 2.07. The van der Waals surface area contributed by atoms with E-state index >= 15 is 0 Å². The number of methoxy groups -OCH3 is 1. The molecule has 1 aromatic rings. The second-order valence-electron chi connectivity index (χ2n) is 3.21. The Morgan fingerprint density at radius 2 is 2.14 bits per heavy atom. The van der Waals surface area contributed by atoms with Gasteiger partial charge in [0, 0.05) is 5.33 Å². The smallest absolute Gasteiger partial charge is 0.126 e. The number of halogens is 2. The van der Waals surface area contributed by atoms with Crippen LogP contribution in [0.4, 0.5) is 4.39 Å². The van der Waals surface area contributed by atoms with Crippen LogP contribution in [0.2, 0.25) is 0 Å². The first kappa shape index (κ1) is 11.5. The molecule has 0 N–H and O–H groups in total. The zero-order valence-corrected chi connectivity index (χ0v) is 10.0. The van der Waals surface area contributed by atoms with Crippen LogP contribution in [0.15, 0.2) is 12.1 Å². The molecule has 0 aromatic heterocycles. The lowest BCUT2D eigenvalue weighted by atomic mass is 10.1. The maximum absolute atomic E-state index is 13.3. The van der Waals surface area contributed by atoms with Gasteiger partial charge in [-0.25, -0.2) is 4.39 Å². The molecular weight excluding hydrogens is 247 g/mol. The van der Waals surface area contributed by atoms with Crippen molar-refractivity contribution in [1.82, 2.24) is 0 Å². The molecule has 78 valence electrons. The van der Waals surface area contributed by atoms with Crippen molar-refractivity contribution in [3.8, 4) is 5.75 Å². The third-order valence-corrected chi connectivity index (χ3v) is 2.70. The van der Waals surface area contributed by atoms with Crippen LogP contribution in [-0.2, 0) is 6.42 Å². The first-order valence-electron chi connectivity index (χ1n) is 4.58. The summed E-state index contributed by atoms with van der Waals surface area (Å²) in [4.78, 5) is 0. The van der Waals surface area contributed by atoms with Gasteiger partial charge < -0.3 is 4.74 Å². The molecule has 0 amide bonds. The Hall–Kier alpha value is -0.570. The standard InChI is InChI=1S/C11H14BrFO/c1-8-6-11(14-2)9(4-3-5-12)7-10(8)13/h6-7H,3-5H2,1-2H3. The van der Waals surface area contributed by atoms with Gasteiger partial charge in [-0.2, -0.15) is 0 Å². The van der Waals surface area contributed by atoms with Crippen LogP contribution in [0.5, 0.6) is 5.75 Å². The fourth-order valence-electron chi connectivity index (χ4n) is 1.34. The summed E-state index contributed by atoms with van der Waals surface area (Å²) in [5.74, 6) is 0.625. The van der Waals surface area contributed by atoms with Crippen LogP contribution in [0, 0.1) is 12.7 Å². The Bertz CT molecular complexity index is 312. The van der Waals surface area contributed by atoms with E-state index in [1.54, 1.807) is 26.2 Å². The van der Waals surface area contributed by atoms with Crippen LogP contribution in [0.25, 0.3) is 0 Å². The number of aryl methyl sites for hydroxylation is 2. The van der Waals surface area contributed by atoms with Gasteiger partial charge >= 0.3 is 0 Å². The number of rotatable bonds is 4. The molecule has 0 unspecified atom stereocenters. The quantitative estimate of drug-likeness (QED) is 0.754. The molecule has 14 heavy (non-hydrogen) atoms. The molecule has 0 fully saturated rings. The fourth-order valence-corrected chi connectivity index (χ4v) is 1.62. The highest BCUT2D eigenvalue weighted by molar-refractivity contribution is 9.09. The number of ether oxygens (including phenoxy) is 1. The van der Waals surface area contributed by atoms with Crippen LogP contribution < -0.4 is 4.74 Å². The summed E-state index contributed by atoms with van der Waals surface area (Å²) in [6.07, 6.45) is 1.82. The van der Waals surface area contributed by atoms with E-state index in [-0.39, 0.29) is 5.82 Å². The van der Waals surface area contributed by atoms with E-state index in [9.17, 15) is 4.39 Å². The van der Waals surface area contributed by atoms with E-state index in [1.807, 2.05) is 0 Å². The van der Waals surface area contributed by atoms with Gasteiger partial charge in [0.25, 0.3) is 0 Å². The van der Waals surface area contributed by atoms with Crippen LogP contribution in [0.3, 0.4) is 0 Å². The van der Waals surface area contributed by atoms with E-state index in [2.05, 4.69) is 15.9 Å². The predicted octanol–water partition coefficient (Wildman–Crippen LogP) is 3.47. The lowest BCUT2D eigenvalue weighted by molar-refractivity contribution is 0.407. The summed E-state index contributed by atoms with van der Waals surface area (Å²) < 4.78 is 18.5. The Balaban J connectivity index is 2.95. The molecular formula is C11H14BrFO. The molecule has 0 aliphatic rings. The fraction of sp³-hybridized carbons (Fsp3) is 0.455. The topological polar surface area (TPSA) is 9.23 Å². The summed E-state index contributed by atoms with van der Waals surface area (Å²) >= 11 is 3.35. The molecule has 1 aromatic carbocycles. The normalized spacial score (nSPS) is 10.3. The highest BCUT2D eigenvalue weighted by Crippen LogP contribution is 2.23. The second-order valence-corrected chi connectivity index (χ2v) is 4.00. The van der Waals surface area contributed by atoms with Crippen molar-refractivity contribution in [2.75, 3.05) is 12.4 Å². The van der Waals surface area contributed by atoms with Crippen molar-refractivity contribution in [2.24, 2.45) is 0 Å². The molecule has 0 atom stereocenters. The van der Waals surface area contributed by atoms with Gasteiger partial charge in [-0.05, 0) is 43.0 Å². The minimum Gasteiger partial charge on any atom is -0.496 e. The molecule has 0 bridgehead atoms. The molecule has 0 aliphatic heterocycles. The van der Waals surface area contributed by atoms with E-state index in [0.29, 0.717) is 5.56 Å². The minimum atomic E-state index is -0.157. The van der Waals surface area contributed by atoms with Gasteiger partial charge in [0.1, 0.15) is 11.6 Å². The summed E-state index contributed by atoms with van der Waals surface area (Å²) in [6, 6.07) is 3.32. The summed E-state index contributed by atoms with van der Waals surface area (Å²) in [5, 5.41) is 0.922. The Labute approximate surface area is 92.4 Å². The lowest BCUT2D eigenvalue weighted by Gasteiger charge is -2.09. The van der Waals surface area contributed by atoms with Gasteiger partial charge in [-0.1, -0.05) is 15.9 Å². The van der Waals surface area contributed by atoms with Crippen molar-refractivity contribution in [2.45, 2.75) is 19.8 Å². The van der Waals surface area contributed by atoms with Crippen molar-refractivity contribution >= 4 is 15.9 Å². The van der Waals surface area contributed by atoms with Crippen LogP contribution in [-0.4, -0.2) is 12.4 Å². The molecule has 0 spiro atoms. The predicted molar refractivity (Wildman–Crippen MR) is 59.8 cm³/mol. The third-order valence-electron chi connectivity index (χ3n) is 2.14. The molecule has 0 aliphatic carbocycles. The first-order valence-corrected chi connectivity index (χ1v) is 5.70. The van der Waals surface area contributed by atoms with Crippen molar-refractivity contribution in [3.05, 3.63) is 29.1 Å². The molecule has 1 rings (SSSR count). The summed E-state index contributed by atoms with van der Waals surface area (Å²) in [6.45, 7) is 1.74. The van der Waals surface area contributed by atoms with Gasteiger partial charge in [0.2, 0.25) is 0 Å². The summed E-state index contributed by atoms with van der Waals surface area (Å²) in [7, 11) is 1.62. The van der Waals surface area contributed by atoms with Gasteiger partial charge in [-0.3, -0.25) is 0 Å². The van der Waals surface area contributed by atoms with E-state index < -0.39 is 0 Å². The highest BCUT2D eigenvalue weighted by atomic mass is 79.9. The minimum absolute atomic E-state index is 0.157. The summed E-state index contributed by atoms with van der Waals surface area (Å²) in [5.41, 5.74) is 1.57. The number of alkyl halides is 1. The largest absolute Gasteiger partial charge is 0.496 e. The number of benzene rings is 1. The third kappa shape index (κ3) is 2.71. The molecule has 0 heterocycles. The van der Waals surface area contributed by atoms with Crippen LogP contribution >= 0.6 is 15.9 Å². The van der Waals surface area contributed by atoms with Gasteiger partial charge in [0.05, 0.1) is 7.11 Å². The molecule has 0 saturated heterocycles. The van der Waals surface area contributed by atoms with E-state index in [4.69, 9.17) is 4.74 Å². The van der Waals surface area contributed by atoms with Crippen molar-refractivity contribution in [3.63, 3.8) is 0 Å². The van der Waals surface area contributed by atoms with E-state index in [1.165, 1.54) is 0 Å². The maximum atomic E-state index is 13.3. The first-order chi connectivity index (χ1) is 6.69. The van der Waals surface area contributed by atoms with Crippen molar-refractivity contribution < 1.29 is 9.13 Å². The monoisotopic (exact) mass is 260 g/mol. The number of hydrogen-bond acceptors (Lipinski definition) is 1. The Kier molecular flexibility index (Phi) is 4.39. The molecule has 0 saturated carbocycles. The molecule has 3 heteroatoms. The maximum Gasteiger partial charge on any atom is 0.126 e. The van der Waals surface area contributed by atoms with E-state index in [0.717, 1.165) is 29.5 Å². The molecule has 1 nitrogen and oxygen atoms in total. The zero-order valence-electron chi connectivity index (χ0n) is 8.44. The second kappa shape index (κ2) is 5.35. The van der Waals surface area contributed by atoms with Gasteiger partial charge in [0.15, 0.2) is 0 Å². The zero-order chi connectivity index (χ0) is 10.6. The lowest BCUT2D eigenvalue weighted by Crippen LogP contribution is -1.96. The number of hydrogen-bond donors (Lipinski definition) is 0. The average molecular weight is 261 g/mol. The van der Waals surface area contributed by atoms with Gasteiger partial charge in [-0.15, -0.1) is 0 Å². The SMILES string of the molecule is COc1cc(C)c(F)cc1CCCBr. The average Bonchev–Trinajstić information content (AvgIpc) is 2.19.